The van der Waals surface area contributed by atoms with Crippen LogP contribution < -0.4 is 10.1 Å². The third-order valence-electron chi connectivity index (χ3n) is 6.75. The fourth-order valence-electron chi connectivity index (χ4n) is 4.78. The Morgan fingerprint density at radius 3 is 2.55 bits per heavy atom. The van der Waals surface area contributed by atoms with Gasteiger partial charge in [-0.25, -0.2) is 4.39 Å². The van der Waals surface area contributed by atoms with Crippen molar-refractivity contribution in [3.63, 3.8) is 0 Å². The standard InChI is InChI=1S/C26H31FN2O2/c27-22(15-18-1-3-19(4-2-18)20-5-6-20)17-29-13-11-23(12-14-29)31-24-8-9-25-21(16-24)7-10-26(30)28-25/h1-4,8-9,16,20,22-23H,5-7,10-15,17H2,(H,28,30). The van der Waals surface area contributed by atoms with Crippen LogP contribution in [0.25, 0.3) is 0 Å². The number of ether oxygens (including phenoxy) is 1. The van der Waals surface area contributed by atoms with Gasteiger partial charge in [0.05, 0.1) is 0 Å². The lowest BCUT2D eigenvalue weighted by Crippen LogP contribution is -2.41. The lowest BCUT2D eigenvalue weighted by atomic mass is 10.0. The van der Waals surface area contributed by atoms with Crippen molar-refractivity contribution in [2.45, 2.75) is 63.1 Å². The number of nitrogens with zero attached hydrogens (tertiary/aromatic N) is 1. The highest BCUT2D eigenvalue weighted by molar-refractivity contribution is 5.94. The van der Waals surface area contributed by atoms with Crippen molar-refractivity contribution in [1.82, 2.24) is 4.90 Å². The van der Waals surface area contributed by atoms with Gasteiger partial charge in [0, 0.05) is 38.2 Å². The van der Waals surface area contributed by atoms with Gasteiger partial charge in [0.2, 0.25) is 5.91 Å². The Morgan fingerprint density at radius 2 is 1.81 bits per heavy atom. The second-order valence-corrected chi connectivity index (χ2v) is 9.30. The van der Waals surface area contributed by atoms with Crippen molar-refractivity contribution in [2.75, 3.05) is 25.0 Å². The number of nitrogens with one attached hydrogen (secondary N) is 1. The Balaban J connectivity index is 1.07. The normalized spacial score (nSPS) is 20.7. The van der Waals surface area contributed by atoms with Gasteiger partial charge >= 0.3 is 0 Å². The monoisotopic (exact) mass is 422 g/mol. The zero-order valence-electron chi connectivity index (χ0n) is 18.0. The minimum Gasteiger partial charge on any atom is -0.490 e. The SMILES string of the molecule is O=C1CCc2cc(OC3CCN(CC(F)Cc4ccc(C5CC5)cc4)CC3)ccc2N1. The molecular formula is C26H31FN2O2. The van der Waals surface area contributed by atoms with Crippen LogP contribution in [0, 0.1) is 0 Å². The maximum atomic E-state index is 14.7. The van der Waals surface area contributed by atoms with Crippen molar-refractivity contribution in [3.05, 3.63) is 59.2 Å². The summed E-state index contributed by atoms with van der Waals surface area (Å²) in [6.45, 7) is 2.23. The van der Waals surface area contributed by atoms with E-state index in [1.807, 2.05) is 18.2 Å². The van der Waals surface area contributed by atoms with E-state index in [0.29, 0.717) is 19.4 Å². The Labute approximate surface area is 183 Å². The molecule has 0 spiro atoms. The molecule has 2 aromatic carbocycles. The van der Waals surface area contributed by atoms with Crippen molar-refractivity contribution < 1.29 is 13.9 Å². The fourth-order valence-corrected chi connectivity index (χ4v) is 4.78. The number of anilines is 1. The number of hydrogen-bond acceptors (Lipinski definition) is 3. The molecule has 0 bridgehead atoms. The topological polar surface area (TPSA) is 41.6 Å². The molecule has 3 aliphatic rings. The molecule has 2 aliphatic heterocycles. The van der Waals surface area contributed by atoms with Gasteiger partial charge in [-0.05, 0) is 72.9 Å². The predicted octanol–water partition coefficient (Wildman–Crippen LogP) is 4.87. The zero-order valence-corrected chi connectivity index (χ0v) is 18.0. The summed E-state index contributed by atoms with van der Waals surface area (Å²) in [4.78, 5) is 13.7. The van der Waals surface area contributed by atoms with Gasteiger partial charge in [0.25, 0.3) is 0 Å². The highest BCUT2D eigenvalue weighted by Crippen LogP contribution is 2.40. The molecule has 0 aromatic heterocycles. The lowest BCUT2D eigenvalue weighted by Gasteiger charge is -2.33. The van der Waals surface area contributed by atoms with Gasteiger partial charge in [0.15, 0.2) is 0 Å². The van der Waals surface area contributed by atoms with Crippen LogP contribution >= 0.6 is 0 Å². The molecule has 1 atom stereocenters. The molecule has 1 amide bonds. The van der Waals surface area contributed by atoms with Gasteiger partial charge in [-0.1, -0.05) is 24.3 Å². The molecule has 1 unspecified atom stereocenters. The predicted molar refractivity (Wildman–Crippen MR) is 120 cm³/mol. The van der Waals surface area contributed by atoms with Crippen LogP contribution in [-0.2, 0) is 17.6 Å². The molecule has 2 fully saturated rings. The first-order chi connectivity index (χ1) is 15.1. The number of aryl methyl sites for hydroxylation is 1. The number of halogens is 1. The summed E-state index contributed by atoms with van der Waals surface area (Å²) in [7, 11) is 0. The summed E-state index contributed by atoms with van der Waals surface area (Å²) >= 11 is 0. The first-order valence-corrected chi connectivity index (χ1v) is 11.7. The van der Waals surface area contributed by atoms with E-state index < -0.39 is 6.17 Å². The number of hydrogen-bond donors (Lipinski definition) is 1. The van der Waals surface area contributed by atoms with Crippen LogP contribution in [0.5, 0.6) is 5.75 Å². The first-order valence-electron chi connectivity index (χ1n) is 11.7. The molecule has 1 aliphatic carbocycles. The molecule has 5 heteroatoms. The van der Waals surface area contributed by atoms with Crippen LogP contribution in [-0.4, -0.2) is 42.7 Å². The minimum atomic E-state index is -0.833. The van der Waals surface area contributed by atoms with E-state index in [1.54, 1.807) is 0 Å². The van der Waals surface area contributed by atoms with E-state index >= 15 is 0 Å². The highest BCUT2D eigenvalue weighted by Gasteiger charge is 2.25. The summed E-state index contributed by atoms with van der Waals surface area (Å²) in [5.41, 5.74) is 4.54. The van der Waals surface area contributed by atoms with E-state index in [0.717, 1.165) is 60.8 Å². The highest BCUT2D eigenvalue weighted by atomic mass is 19.1. The summed E-state index contributed by atoms with van der Waals surface area (Å²) < 4.78 is 20.9. The zero-order chi connectivity index (χ0) is 21.2. The molecule has 1 saturated heterocycles. The number of rotatable bonds is 7. The Hall–Kier alpha value is -2.40. The molecule has 1 N–H and O–H groups in total. The molecule has 2 heterocycles. The number of piperidine rings is 1. The average Bonchev–Trinajstić information content (AvgIpc) is 3.61. The molecule has 31 heavy (non-hydrogen) atoms. The van der Waals surface area contributed by atoms with E-state index in [2.05, 4.69) is 34.5 Å². The van der Waals surface area contributed by atoms with Gasteiger partial charge < -0.3 is 15.0 Å². The molecule has 5 rings (SSSR count). The number of benzene rings is 2. The van der Waals surface area contributed by atoms with Crippen LogP contribution in [0.4, 0.5) is 10.1 Å². The Kier molecular flexibility index (Phi) is 5.95. The van der Waals surface area contributed by atoms with Gasteiger partial charge in [-0.2, -0.15) is 0 Å². The minimum absolute atomic E-state index is 0.0787. The van der Waals surface area contributed by atoms with Gasteiger partial charge in [-0.15, -0.1) is 0 Å². The largest absolute Gasteiger partial charge is 0.490 e. The number of fused-ring (bicyclic) bond motifs is 1. The van der Waals surface area contributed by atoms with E-state index in [-0.39, 0.29) is 12.0 Å². The molecule has 4 nitrogen and oxygen atoms in total. The van der Waals surface area contributed by atoms with Crippen LogP contribution in [0.1, 0.15) is 54.7 Å². The quantitative estimate of drug-likeness (QED) is 0.692. The van der Waals surface area contributed by atoms with Crippen LogP contribution in [0.15, 0.2) is 42.5 Å². The maximum Gasteiger partial charge on any atom is 0.224 e. The second-order valence-electron chi connectivity index (χ2n) is 9.30. The molecule has 0 radical (unpaired) electrons. The van der Waals surface area contributed by atoms with Crippen LogP contribution in [0.2, 0.25) is 0 Å². The van der Waals surface area contributed by atoms with Crippen molar-refractivity contribution in [1.29, 1.82) is 0 Å². The Morgan fingerprint density at radius 1 is 1.03 bits per heavy atom. The second kappa shape index (κ2) is 8.99. The van der Waals surface area contributed by atoms with E-state index in [1.165, 1.54) is 18.4 Å². The average molecular weight is 423 g/mol. The number of carbonyl (C=O) groups is 1. The number of amides is 1. The summed E-state index contributed by atoms with van der Waals surface area (Å²) in [5, 5.41) is 2.91. The lowest BCUT2D eigenvalue weighted by molar-refractivity contribution is -0.116. The summed E-state index contributed by atoms with van der Waals surface area (Å²) in [6.07, 6.45) is 5.55. The molecular weight excluding hydrogens is 391 g/mol. The van der Waals surface area contributed by atoms with Crippen LogP contribution in [0.3, 0.4) is 0 Å². The molecule has 2 aromatic rings. The maximum absolute atomic E-state index is 14.7. The third-order valence-corrected chi connectivity index (χ3v) is 6.75. The third kappa shape index (κ3) is 5.27. The summed E-state index contributed by atoms with van der Waals surface area (Å²) in [5.74, 6) is 1.70. The molecule has 164 valence electrons. The number of likely N-dealkylation sites (tertiary alicyclic amines) is 1. The van der Waals surface area contributed by atoms with Crippen molar-refractivity contribution in [3.8, 4) is 5.75 Å². The van der Waals surface area contributed by atoms with E-state index in [9.17, 15) is 9.18 Å². The van der Waals surface area contributed by atoms with Gasteiger partial charge in [0.1, 0.15) is 18.0 Å². The molecule has 1 saturated carbocycles. The van der Waals surface area contributed by atoms with Gasteiger partial charge in [-0.3, -0.25) is 4.79 Å². The Bertz CT molecular complexity index is 918. The summed E-state index contributed by atoms with van der Waals surface area (Å²) in [6, 6.07) is 14.5. The number of carbonyl (C=O) groups excluding carboxylic acids is 1. The van der Waals surface area contributed by atoms with Crippen molar-refractivity contribution >= 4 is 11.6 Å². The smallest absolute Gasteiger partial charge is 0.224 e. The van der Waals surface area contributed by atoms with E-state index in [4.69, 9.17) is 4.74 Å². The first kappa shape index (κ1) is 20.5. The fraction of sp³-hybridized carbons (Fsp3) is 0.500. The van der Waals surface area contributed by atoms with Crippen molar-refractivity contribution in [2.24, 2.45) is 0 Å². The number of alkyl halides is 1.